The fraction of sp³-hybridized carbons (Fsp3) is 0.750. The van der Waals surface area contributed by atoms with Crippen molar-refractivity contribution in [2.24, 2.45) is 5.92 Å². The van der Waals surface area contributed by atoms with Crippen LogP contribution in [0.4, 0.5) is 0 Å². The zero-order valence-electron chi connectivity index (χ0n) is 10.5. The van der Waals surface area contributed by atoms with Gasteiger partial charge in [0.25, 0.3) is 0 Å². The van der Waals surface area contributed by atoms with Gasteiger partial charge in [0, 0.05) is 18.6 Å². The van der Waals surface area contributed by atoms with E-state index < -0.39 is 0 Å². The van der Waals surface area contributed by atoms with Gasteiger partial charge in [0.05, 0.1) is 26.0 Å². The Bertz CT molecular complexity index is 366. The van der Waals surface area contributed by atoms with Crippen LogP contribution in [0.3, 0.4) is 0 Å². The molecule has 4 nitrogen and oxygen atoms in total. The molecule has 1 aliphatic heterocycles. The lowest BCUT2D eigenvalue weighted by Crippen LogP contribution is -2.29. The molecule has 0 bridgehead atoms. The molecule has 0 saturated carbocycles. The number of methoxy groups -OCH3 is 1. The Morgan fingerprint density at radius 1 is 1.56 bits per heavy atom. The van der Waals surface area contributed by atoms with Crippen molar-refractivity contribution in [3.63, 3.8) is 0 Å². The molecule has 1 aliphatic rings. The monoisotopic (exact) mass is 224 g/mol. The highest BCUT2D eigenvalue weighted by molar-refractivity contribution is 5.31. The number of rotatable bonds is 2. The summed E-state index contributed by atoms with van der Waals surface area (Å²) < 4.78 is 12.9. The Morgan fingerprint density at radius 2 is 2.31 bits per heavy atom. The summed E-state index contributed by atoms with van der Waals surface area (Å²) >= 11 is 0. The number of hydrogen-bond donors (Lipinski definition) is 0. The minimum atomic E-state index is 0.0850. The third kappa shape index (κ3) is 2.07. The molecule has 1 aromatic rings. The number of aromatic nitrogens is 2. The van der Waals surface area contributed by atoms with Crippen LogP contribution in [0.15, 0.2) is 6.20 Å². The van der Waals surface area contributed by atoms with E-state index in [1.807, 2.05) is 10.9 Å². The van der Waals surface area contributed by atoms with Gasteiger partial charge < -0.3 is 9.47 Å². The predicted octanol–water partition coefficient (Wildman–Crippen LogP) is 1.84. The fourth-order valence-electron chi connectivity index (χ4n) is 2.00. The lowest BCUT2D eigenvalue weighted by atomic mass is 9.89. The highest BCUT2D eigenvalue weighted by Gasteiger charge is 2.28. The molecular formula is C12H20N2O2. The molecule has 2 heterocycles. The van der Waals surface area contributed by atoms with E-state index in [0.29, 0.717) is 5.92 Å². The van der Waals surface area contributed by atoms with Crippen molar-refractivity contribution in [3.8, 4) is 5.88 Å². The Balaban J connectivity index is 2.20. The molecule has 1 unspecified atom stereocenters. The van der Waals surface area contributed by atoms with Crippen LogP contribution in [0, 0.1) is 5.92 Å². The van der Waals surface area contributed by atoms with Gasteiger partial charge in [0.2, 0.25) is 5.88 Å². The van der Waals surface area contributed by atoms with Crippen LogP contribution < -0.4 is 4.74 Å². The first kappa shape index (κ1) is 11.5. The minimum Gasteiger partial charge on any atom is -0.477 e. The molecule has 16 heavy (non-hydrogen) atoms. The van der Waals surface area contributed by atoms with E-state index in [2.05, 4.69) is 25.9 Å². The van der Waals surface area contributed by atoms with Crippen molar-refractivity contribution in [2.75, 3.05) is 20.3 Å². The molecular weight excluding hydrogens is 204 g/mol. The SMILES string of the molecule is COCC1COc2c(C(C)(C)C)cnn2C1. The van der Waals surface area contributed by atoms with Crippen LogP contribution in [0.25, 0.3) is 0 Å². The van der Waals surface area contributed by atoms with Gasteiger partial charge in [0.15, 0.2) is 0 Å². The molecule has 0 N–H and O–H groups in total. The topological polar surface area (TPSA) is 36.3 Å². The second-order valence-electron chi connectivity index (χ2n) is 5.43. The second kappa shape index (κ2) is 4.09. The standard InChI is InChI=1S/C12H20N2O2/c1-12(2,3)10-5-13-14-6-9(7-15-4)8-16-11(10)14/h5,9H,6-8H2,1-4H3. The van der Waals surface area contributed by atoms with Gasteiger partial charge in [-0.3, -0.25) is 0 Å². The van der Waals surface area contributed by atoms with E-state index in [9.17, 15) is 0 Å². The molecule has 0 radical (unpaired) electrons. The minimum absolute atomic E-state index is 0.0850. The number of nitrogens with zero attached hydrogens (tertiary/aromatic N) is 2. The molecule has 1 aromatic heterocycles. The van der Waals surface area contributed by atoms with Gasteiger partial charge >= 0.3 is 0 Å². The van der Waals surface area contributed by atoms with Crippen LogP contribution in [0.2, 0.25) is 0 Å². The maximum Gasteiger partial charge on any atom is 0.215 e. The average Bonchev–Trinajstić information content (AvgIpc) is 2.60. The zero-order chi connectivity index (χ0) is 11.8. The first-order valence-electron chi connectivity index (χ1n) is 5.70. The van der Waals surface area contributed by atoms with Crippen molar-refractivity contribution < 1.29 is 9.47 Å². The number of ether oxygens (including phenoxy) is 2. The van der Waals surface area contributed by atoms with Crippen molar-refractivity contribution in [3.05, 3.63) is 11.8 Å². The Labute approximate surface area is 96.5 Å². The predicted molar refractivity (Wildman–Crippen MR) is 61.8 cm³/mol. The molecule has 4 heteroatoms. The van der Waals surface area contributed by atoms with Gasteiger partial charge in [-0.2, -0.15) is 5.10 Å². The molecule has 2 rings (SSSR count). The summed E-state index contributed by atoms with van der Waals surface area (Å²) in [5.41, 5.74) is 1.27. The lowest BCUT2D eigenvalue weighted by Gasteiger charge is -2.26. The summed E-state index contributed by atoms with van der Waals surface area (Å²) in [5, 5.41) is 4.39. The van der Waals surface area contributed by atoms with E-state index in [1.54, 1.807) is 7.11 Å². The van der Waals surface area contributed by atoms with Crippen LogP contribution in [-0.4, -0.2) is 30.1 Å². The first-order valence-corrected chi connectivity index (χ1v) is 5.70. The average molecular weight is 224 g/mol. The van der Waals surface area contributed by atoms with Crippen LogP contribution in [0.5, 0.6) is 5.88 Å². The van der Waals surface area contributed by atoms with E-state index in [1.165, 1.54) is 5.56 Å². The molecule has 0 fully saturated rings. The zero-order valence-corrected chi connectivity index (χ0v) is 10.5. The van der Waals surface area contributed by atoms with Gasteiger partial charge in [0.1, 0.15) is 0 Å². The Kier molecular flexibility index (Phi) is 2.93. The maximum absolute atomic E-state index is 5.81. The van der Waals surface area contributed by atoms with Gasteiger partial charge in [-0.1, -0.05) is 20.8 Å². The maximum atomic E-state index is 5.81. The Morgan fingerprint density at radius 3 is 2.94 bits per heavy atom. The summed E-state index contributed by atoms with van der Waals surface area (Å²) in [5.74, 6) is 1.34. The largest absolute Gasteiger partial charge is 0.477 e. The highest BCUT2D eigenvalue weighted by atomic mass is 16.5. The van der Waals surface area contributed by atoms with E-state index >= 15 is 0 Å². The second-order valence-corrected chi connectivity index (χ2v) is 5.43. The summed E-state index contributed by atoms with van der Waals surface area (Å²) in [7, 11) is 1.72. The molecule has 0 amide bonds. The lowest BCUT2D eigenvalue weighted by molar-refractivity contribution is 0.0785. The smallest absolute Gasteiger partial charge is 0.215 e. The molecule has 1 atom stereocenters. The van der Waals surface area contributed by atoms with Crippen LogP contribution >= 0.6 is 0 Å². The van der Waals surface area contributed by atoms with E-state index in [4.69, 9.17) is 9.47 Å². The summed E-state index contributed by atoms with van der Waals surface area (Å²) in [6, 6.07) is 0. The van der Waals surface area contributed by atoms with Crippen molar-refractivity contribution in [1.82, 2.24) is 9.78 Å². The van der Waals surface area contributed by atoms with E-state index in [0.717, 1.165) is 25.6 Å². The number of hydrogen-bond acceptors (Lipinski definition) is 3. The fourth-order valence-corrected chi connectivity index (χ4v) is 2.00. The third-order valence-corrected chi connectivity index (χ3v) is 2.89. The molecule has 90 valence electrons. The molecule has 0 aliphatic carbocycles. The highest BCUT2D eigenvalue weighted by Crippen LogP contribution is 2.33. The van der Waals surface area contributed by atoms with Gasteiger partial charge in [-0.15, -0.1) is 0 Å². The first-order chi connectivity index (χ1) is 7.52. The third-order valence-electron chi connectivity index (χ3n) is 2.89. The van der Waals surface area contributed by atoms with Gasteiger partial charge in [-0.05, 0) is 5.41 Å². The van der Waals surface area contributed by atoms with Crippen LogP contribution in [-0.2, 0) is 16.7 Å². The van der Waals surface area contributed by atoms with Crippen LogP contribution in [0.1, 0.15) is 26.3 Å². The molecule has 0 aromatic carbocycles. The normalized spacial score (nSPS) is 20.4. The van der Waals surface area contributed by atoms with Crippen molar-refractivity contribution in [2.45, 2.75) is 32.7 Å². The van der Waals surface area contributed by atoms with Crippen molar-refractivity contribution in [1.29, 1.82) is 0 Å². The molecule has 0 spiro atoms. The molecule has 0 saturated heterocycles. The van der Waals surface area contributed by atoms with E-state index in [-0.39, 0.29) is 5.41 Å². The summed E-state index contributed by atoms with van der Waals surface area (Å²) in [4.78, 5) is 0. The van der Waals surface area contributed by atoms with Gasteiger partial charge in [-0.25, -0.2) is 4.68 Å². The quantitative estimate of drug-likeness (QED) is 0.769. The van der Waals surface area contributed by atoms with Crippen molar-refractivity contribution >= 4 is 0 Å². The summed E-state index contributed by atoms with van der Waals surface area (Å²) in [6.07, 6.45) is 1.92. The Hall–Kier alpha value is -1.03. The summed E-state index contributed by atoms with van der Waals surface area (Å²) in [6.45, 7) is 8.87. The number of fused-ring (bicyclic) bond motifs is 1.